The molecule has 1 amide bonds. The van der Waals surface area contributed by atoms with E-state index >= 15 is 0 Å². The van der Waals surface area contributed by atoms with Crippen molar-refractivity contribution in [3.8, 4) is 0 Å². The fourth-order valence-electron chi connectivity index (χ4n) is 2.09. The molecule has 0 spiro atoms. The molecule has 1 aromatic heterocycles. The number of aliphatic carboxylic acids is 1. The van der Waals surface area contributed by atoms with Crippen LogP contribution in [0.1, 0.15) is 28.6 Å². The number of carbonyl (C=O) groups is 2. The van der Waals surface area contributed by atoms with Gasteiger partial charge in [-0.3, -0.25) is 9.59 Å². The highest BCUT2D eigenvalue weighted by molar-refractivity contribution is 7.12. The molecule has 0 aromatic carbocycles. The summed E-state index contributed by atoms with van der Waals surface area (Å²) in [5.74, 6) is -1.22. The van der Waals surface area contributed by atoms with Gasteiger partial charge in [0.2, 0.25) is 0 Å². The summed E-state index contributed by atoms with van der Waals surface area (Å²) in [6.07, 6.45) is 1.40. The molecule has 1 aliphatic heterocycles. The van der Waals surface area contributed by atoms with Crippen molar-refractivity contribution in [3.63, 3.8) is 0 Å². The number of carboxylic acid groups (broad SMARTS) is 1. The van der Waals surface area contributed by atoms with Gasteiger partial charge >= 0.3 is 5.97 Å². The largest absolute Gasteiger partial charge is 0.481 e. The van der Waals surface area contributed by atoms with Gasteiger partial charge in [-0.2, -0.15) is 0 Å². The van der Waals surface area contributed by atoms with Gasteiger partial charge in [-0.1, -0.05) is 6.92 Å². The summed E-state index contributed by atoms with van der Waals surface area (Å²) in [5, 5.41) is 10.8. The number of hydrogen-bond acceptors (Lipinski definition) is 3. The minimum absolute atomic E-state index is 0. The fourth-order valence-corrected chi connectivity index (χ4v) is 3.05. The molecule has 4 nitrogen and oxygen atoms in total. The molecule has 100 valence electrons. The molecule has 0 bridgehead atoms. The van der Waals surface area contributed by atoms with Crippen molar-refractivity contribution in [1.29, 1.82) is 0 Å². The van der Waals surface area contributed by atoms with Gasteiger partial charge in [0.25, 0.3) is 5.91 Å². The first kappa shape index (κ1) is 15.0. The lowest BCUT2D eigenvalue weighted by atomic mass is 10.1. The highest BCUT2D eigenvalue weighted by atomic mass is 35.5. The monoisotopic (exact) mass is 289 g/mol. The second kappa shape index (κ2) is 6.20. The number of amides is 1. The van der Waals surface area contributed by atoms with Gasteiger partial charge in [-0.15, -0.1) is 23.7 Å². The van der Waals surface area contributed by atoms with E-state index in [9.17, 15) is 9.59 Å². The Kier molecular flexibility index (Phi) is 5.16. The smallest absolute Gasteiger partial charge is 0.308 e. The molecule has 1 unspecified atom stereocenters. The molecule has 1 aromatic rings. The third kappa shape index (κ3) is 2.84. The normalized spacial score (nSPS) is 18.5. The number of likely N-dealkylation sites (tertiary alicyclic amines) is 1. The van der Waals surface area contributed by atoms with E-state index in [2.05, 4.69) is 0 Å². The zero-order chi connectivity index (χ0) is 12.4. The van der Waals surface area contributed by atoms with Crippen LogP contribution in [0.2, 0.25) is 0 Å². The van der Waals surface area contributed by atoms with Gasteiger partial charge in [-0.05, 0) is 29.9 Å². The number of nitrogens with zero attached hydrogens (tertiary/aromatic N) is 1. The summed E-state index contributed by atoms with van der Waals surface area (Å²) >= 11 is 1.44. The molecule has 2 heterocycles. The van der Waals surface area contributed by atoms with Crippen molar-refractivity contribution in [2.75, 3.05) is 13.1 Å². The van der Waals surface area contributed by atoms with Gasteiger partial charge < -0.3 is 10.0 Å². The third-order valence-electron chi connectivity index (χ3n) is 3.15. The lowest BCUT2D eigenvalue weighted by molar-refractivity contribution is -0.141. The van der Waals surface area contributed by atoms with Crippen LogP contribution in [0, 0.1) is 5.92 Å². The van der Waals surface area contributed by atoms with Gasteiger partial charge in [-0.25, -0.2) is 0 Å². The molecule has 1 atom stereocenters. The minimum atomic E-state index is -0.804. The molecule has 1 N–H and O–H groups in total. The fraction of sp³-hybridized carbons (Fsp3) is 0.500. The summed E-state index contributed by atoms with van der Waals surface area (Å²) in [6.45, 7) is 2.91. The molecule has 2 rings (SSSR count). The van der Waals surface area contributed by atoms with E-state index in [0.29, 0.717) is 19.5 Å². The van der Waals surface area contributed by atoms with Gasteiger partial charge in [0.1, 0.15) is 0 Å². The number of carboxylic acids is 1. The van der Waals surface area contributed by atoms with E-state index in [1.807, 2.05) is 18.4 Å². The molecular formula is C12H16ClNO3S. The Balaban J connectivity index is 0.00000162. The number of aryl methyl sites for hydroxylation is 1. The first-order valence-corrected chi connectivity index (χ1v) is 6.60. The Morgan fingerprint density at radius 1 is 1.56 bits per heavy atom. The Hall–Kier alpha value is -1.07. The molecule has 1 saturated heterocycles. The molecular weight excluding hydrogens is 274 g/mol. The van der Waals surface area contributed by atoms with Crippen LogP contribution < -0.4 is 0 Å². The standard InChI is InChI=1S/C12H15NO3S.ClH/c1-2-8-4-6-17-10(8)11(14)13-5-3-9(7-13)12(15)16;/h4,6,9H,2-3,5,7H2,1H3,(H,15,16);1H. The SMILES string of the molecule is CCc1ccsc1C(=O)N1CCC(C(=O)O)C1.Cl. The zero-order valence-electron chi connectivity index (χ0n) is 10.1. The Bertz CT molecular complexity index is 446. The quantitative estimate of drug-likeness (QED) is 0.929. The topological polar surface area (TPSA) is 57.6 Å². The lowest BCUT2D eigenvalue weighted by Gasteiger charge is -2.15. The molecule has 18 heavy (non-hydrogen) atoms. The van der Waals surface area contributed by atoms with Crippen LogP contribution >= 0.6 is 23.7 Å². The van der Waals surface area contributed by atoms with Crippen molar-refractivity contribution in [2.45, 2.75) is 19.8 Å². The summed E-state index contributed by atoms with van der Waals surface area (Å²) in [5.41, 5.74) is 1.05. The summed E-state index contributed by atoms with van der Waals surface area (Å²) in [6, 6.07) is 1.96. The lowest BCUT2D eigenvalue weighted by Crippen LogP contribution is -2.29. The first-order valence-electron chi connectivity index (χ1n) is 5.72. The second-order valence-corrected chi connectivity index (χ2v) is 5.12. The van der Waals surface area contributed by atoms with Crippen molar-refractivity contribution in [2.24, 2.45) is 5.92 Å². The van der Waals surface area contributed by atoms with Crippen LogP contribution in [0.25, 0.3) is 0 Å². The van der Waals surface area contributed by atoms with Gasteiger partial charge in [0.05, 0.1) is 10.8 Å². The van der Waals surface area contributed by atoms with Crippen molar-refractivity contribution in [1.82, 2.24) is 4.90 Å². The average molecular weight is 290 g/mol. The van der Waals surface area contributed by atoms with Crippen LogP contribution in [-0.2, 0) is 11.2 Å². The zero-order valence-corrected chi connectivity index (χ0v) is 11.7. The van der Waals surface area contributed by atoms with Crippen molar-refractivity contribution in [3.05, 3.63) is 21.9 Å². The van der Waals surface area contributed by atoms with E-state index < -0.39 is 11.9 Å². The van der Waals surface area contributed by atoms with E-state index in [4.69, 9.17) is 5.11 Å². The number of thiophene rings is 1. The van der Waals surface area contributed by atoms with E-state index in [0.717, 1.165) is 16.9 Å². The first-order chi connectivity index (χ1) is 8.13. The Morgan fingerprint density at radius 3 is 2.83 bits per heavy atom. The minimum Gasteiger partial charge on any atom is -0.481 e. The maximum absolute atomic E-state index is 12.2. The van der Waals surface area contributed by atoms with Crippen LogP contribution in [-0.4, -0.2) is 35.0 Å². The van der Waals surface area contributed by atoms with Crippen molar-refractivity contribution < 1.29 is 14.7 Å². The molecule has 0 radical (unpaired) electrons. The number of rotatable bonds is 3. The average Bonchev–Trinajstić information content (AvgIpc) is 2.96. The third-order valence-corrected chi connectivity index (χ3v) is 4.09. The van der Waals surface area contributed by atoms with Crippen LogP contribution in [0.3, 0.4) is 0 Å². The van der Waals surface area contributed by atoms with Gasteiger partial charge in [0.15, 0.2) is 0 Å². The highest BCUT2D eigenvalue weighted by Gasteiger charge is 2.32. The molecule has 6 heteroatoms. The van der Waals surface area contributed by atoms with E-state index in [1.54, 1.807) is 4.90 Å². The van der Waals surface area contributed by atoms with Crippen LogP contribution in [0.15, 0.2) is 11.4 Å². The molecule has 0 aliphatic carbocycles. The van der Waals surface area contributed by atoms with Crippen LogP contribution in [0.5, 0.6) is 0 Å². The van der Waals surface area contributed by atoms with Crippen LogP contribution in [0.4, 0.5) is 0 Å². The number of hydrogen-bond donors (Lipinski definition) is 1. The van der Waals surface area contributed by atoms with E-state index in [1.165, 1.54) is 11.3 Å². The van der Waals surface area contributed by atoms with Crippen molar-refractivity contribution >= 4 is 35.6 Å². The summed E-state index contributed by atoms with van der Waals surface area (Å²) in [4.78, 5) is 25.5. The predicted octanol–water partition coefficient (Wildman–Crippen LogP) is 2.28. The number of carbonyl (C=O) groups excluding carboxylic acids is 1. The molecule has 1 fully saturated rings. The summed E-state index contributed by atoms with van der Waals surface area (Å²) < 4.78 is 0. The summed E-state index contributed by atoms with van der Waals surface area (Å²) in [7, 11) is 0. The highest BCUT2D eigenvalue weighted by Crippen LogP contribution is 2.24. The molecule has 0 saturated carbocycles. The maximum atomic E-state index is 12.2. The Labute approximate surface area is 116 Å². The number of halogens is 1. The maximum Gasteiger partial charge on any atom is 0.308 e. The second-order valence-electron chi connectivity index (χ2n) is 4.20. The van der Waals surface area contributed by atoms with E-state index in [-0.39, 0.29) is 18.3 Å². The predicted molar refractivity (Wildman–Crippen MR) is 72.6 cm³/mol. The van der Waals surface area contributed by atoms with Gasteiger partial charge in [0, 0.05) is 13.1 Å². The molecule has 1 aliphatic rings. The Morgan fingerprint density at radius 2 is 2.28 bits per heavy atom.